The Hall–Kier alpha value is -1.06. The lowest BCUT2D eigenvalue weighted by Crippen LogP contribution is -2.38. The van der Waals surface area contributed by atoms with Gasteiger partial charge in [-0.1, -0.05) is 36.8 Å². The quantitative estimate of drug-likeness (QED) is 0.873. The van der Waals surface area contributed by atoms with Crippen LogP contribution in [0, 0.1) is 6.92 Å². The van der Waals surface area contributed by atoms with Crippen LogP contribution < -0.4 is 5.73 Å². The maximum absolute atomic E-state index is 11.8. The Kier molecular flexibility index (Phi) is 8.44. The third-order valence-corrected chi connectivity index (χ3v) is 3.36. The van der Waals surface area contributed by atoms with Gasteiger partial charge < -0.3 is 10.6 Å². The van der Waals surface area contributed by atoms with Gasteiger partial charge in [0.1, 0.15) is 0 Å². The summed E-state index contributed by atoms with van der Waals surface area (Å²) < 4.78 is 0. The third-order valence-electron chi connectivity index (χ3n) is 3.36. The largest absolute Gasteiger partial charge is 0.342 e. The second kappa shape index (κ2) is 8.94. The standard InChI is InChI=1S/C15H24N2O.ClH/c1-4-14(17(3)15(18)9-10-16)11-13-7-5-12(2)6-8-13;/h5-8,14H,4,9-11,16H2,1-3H3;1H. The van der Waals surface area contributed by atoms with Crippen molar-refractivity contribution in [1.82, 2.24) is 4.90 Å². The van der Waals surface area contributed by atoms with Crippen molar-refractivity contribution in [2.24, 2.45) is 5.73 Å². The number of likely N-dealkylation sites (N-methyl/N-ethyl adjacent to an activating group) is 1. The average Bonchev–Trinajstić information content (AvgIpc) is 2.37. The Balaban J connectivity index is 0.00000324. The number of carbonyl (C=O) groups excluding carboxylic acids is 1. The normalized spacial score (nSPS) is 11.6. The lowest BCUT2D eigenvalue weighted by molar-refractivity contribution is -0.131. The third kappa shape index (κ3) is 5.62. The van der Waals surface area contributed by atoms with Gasteiger partial charge in [-0.05, 0) is 25.3 Å². The number of benzene rings is 1. The molecule has 1 rings (SSSR count). The molecular formula is C15H25ClN2O. The van der Waals surface area contributed by atoms with E-state index >= 15 is 0 Å². The fourth-order valence-corrected chi connectivity index (χ4v) is 2.05. The van der Waals surface area contributed by atoms with Gasteiger partial charge in [0.2, 0.25) is 5.91 Å². The molecule has 0 saturated heterocycles. The van der Waals surface area contributed by atoms with E-state index in [-0.39, 0.29) is 24.4 Å². The number of carbonyl (C=O) groups is 1. The van der Waals surface area contributed by atoms with Crippen molar-refractivity contribution < 1.29 is 4.79 Å². The summed E-state index contributed by atoms with van der Waals surface area (Å²) in [6.07, 6.45) is 2.30. The molecular weight excluding hydrogens is 260 g/mol. The SMILES string of the molecule is CCC(Cc1ccc(C)cc1)N(C)C(=O)CCN.Cl. The number of nitrogens with zero attached hydrogens (tertiary/aromatic N) is 1. The van der Waals surface area contributed by atoms with Crippen LogP contribution in [0.25, 0.3) is 0 Å². The molecule has 0 aliphatic heterocycles. The summed E-state index contributed by atoms with van der Waals surface area (Å²) in [6, 6.07) is 8.76. The van der Waals surface area contributed by atoms with E-state index < -0.39 is 0 Å². The number of amides is 1. The van der Waals surface area contributed by atoms with Crippen molar-refractivity contribution in [3.05, 3.63) is 35.4 Å². The second-order valence-corrected chi connectivity index (χ2v) is 4.80. The molecule has 0 saturated carbocycles. The molecule has 0 bridgehead atoms. The maximum Gasteiger partial charge on any atom is 0.223 e. The summed E-state index contributed by atoms with van der Waals surface area (Å²) in [5, 5.41) is 0. The summed E-state index contributed by atoms with van der Waals surface area (Å²) in [4.78, 5) is 13.7. The molecule has 108 valence electrons. The van der Waals surface area contributed by atoms with E-state index in [0.717, 1.165) is 12.8 Å². The number of hydrogen-bond donors (Lipinski definition) is 1. The van der Waals surface area contributed by atoms with Gasteiger partial charge in [-0.15, -0.1) is 12.4 Å². The van der Waals surface area contributed by atoms with E-state index in [9.17, 15) is 4.79 Å². The zero-order valence-corrected chi connectivity index (χ0v) is 12.9. The summed E-state index contributed by atoms with van der Waals surface area (Å²) in [5.41, 5.74) is 7.97. The first kappa shape index (κ1) is 17.9. The number of halogens is 1. The molecule has 19 heavy (non-hydrogen) atoms. The van der Waals surface area contributed by atoms with Crippen molar-refractivity contribution in [2.75, 3.05) is 13.6 Å². The zero-order valence-electron chi connectivity index (χ0n) is 12.1. The minimum absolute atomic E-state index is 0. The Labute approximate surface area is 122 Å². The van der Waals surface area contributed by atoms with Crippen molar-refractivity contribution in [3.63, 3.8) is 0 Å². The first-order valence-electron chi connectivity index (χ1n) is 6.59. The molecule has 0 aliphatic carbocycles. The number of aryl methyl sites for hydroxylation is 1. The molecule has 0 fully saturated rings. The van der Waals surface area contributed by atoms with Crippen LogP contribution in [0.1, 0.15) is 30.9 Å². The summed E-state index contributed by atoms with van der Waals surface area (Å²) in [5.74, 6) is 0.136. The van der Waals surface area contributed by atoms with Crippen LogP contribution in [0.5, 0.6) is 0 Å². The van der Waals surface area contributed by atoms with Gasteiger partial charge in [0.15, 0.2) is 0 Å². The van der Waals surface area contributed by atoms with Crippen LogP contribution in [0.4, 0.5) is 0 Å². The minimum atomic E-state index is 0. The number of rotatable bonds is 6. The highest BCUT2D eigenvalue weighted by molar-refractivity contribution is 5.85. The van der Waals surface area contributed by atoms with E-state index in [1.807, 2.05) is 11.9 Å². The Morgan fingerprint density at radius 2 is 1.89 bits per heavy atom. The van der Waals surface area contributed by atoms with Gasteiger partial charge in [0.05, 0.1) is 0 Å². The van der Waals surface area contributed by atoms with Gasteiger partial charge in [0, 0.05) is 26.1 Å². The molecule has 3 nitrogen and oxygen atoms in total. The highest BCUT2D eigenvalue weighted by Crippen LogP contribution is 2.12. The lowest BCUT2D eigenvalue weighted by atomic mass is 10.0. The molecule has 1 unspecified atom stereocenters. The molecule has 2 N–H and O–H groups in total. The molecule has 4 heteroatoms. The molecule has 1 atom stereocenters. The first-order valence-corrected chi connectivity index (χ1v) is 6.59. The van der Waals surface area contributed by atoms with Crippen molar-refractivity contribution in [3.8, 4) is 0 Å². The van der Waals surface area contributed by atoms with E-state index in [1.54, 1.807) is 0 Å². The van der Waals surface area contributed by atoms with Gasteiger partial charge in [-0.3, -0.25) is 4.79 Å². The minimum Gasteiger partial charge on any atom is -0.342 e. The summed E-state index contributed by atoms with van der Waals surface area (Å²) in [6.45, 7) is 4.62. The van der Waals surface area contributed by atoms with Crippen LogP contribution in [0.2, 0.25) is 0 Å². The van der Waals surface area contributed by atoms with Crippen LogP contribution in [-0.2, 0) is 11.2 Å². The highest BCUT2D eigenvalue weighted by atomic mass is 35.5. The van der Waals surface area contributed by atoms with E-state index in [1.165, 1.54) is 11.1 Å². The lowest BCUT2D eigenvalue weighted by Gasteiger charge is -2.27. The fraction of sp³-hybridized carbons (Fsp3) is 0.533. The topological polar surface area (TPSA) is 46.3 Å². The zero-order chi connectivity index (χ0) is 13.5. The predicted octanol–water partition coefficient (Wildman–Crippen LogP) is 2.55. The van der Waals surface area contributed by atoms with E-state index in [0.29, 0.717) is 13.0 Å². The van der Waals surface area contributed by atoms with Crippen molar-refractivity contribution >= 4 is 18.3 Å². The van der Waals surface area contributed by atoms with Crippen molar-refractivity contribution in [2.45, 2.75) is 39.2 Å². The molecule has 0 spiro atoms. The first-order chi connectivity index (χ1) is 8.58. The van der Waals surface area contributed by atoms with E-state index in [2.05, 4.69) is 38.1 Å². The van der Waals surface area contributed by atoms with Gasteiger partial charge in [-0.25, -0.2) is 0 Å². The predicted molar refractivity (Wildman–Crippen MR) is 82.7 cm³/mol. The van der Waals surface area contributed by atoms with Crippen LogP contribution in [-0.4, -0.2) is 30.4 Å². The van der Waals surface area contributed by atoms with Crippen LogP contribution in [0.3, 0.4) is 0 Å². The maximum atomic E-state index is 11.8. The summed E-state index contributed by atoms with van der Waals surface area (Å²) in [7, 11) is 1.88. The molecule has 0 aromatic heterocycles. The van der Waals surface area contributed by atoms with Crippen LogP contribution in [0.15, 0.2) is 24.3 Å². The fourth-order valence-electron chi connectivity index (χ4n) is 2.05. The van der Waals surface area contributed by atoms with Gasteiger partial charge >= 0.3 is 0 Å². The second-order valence-electron chi connectivity index (χ2n) is 4.80. The number of nitrogens with two attached hydrogens (primary N) is 1. The molecule has 1 amide bonds. The number of hydrogen-bond acceptors (Lipinski definition) is 2. The highest BCUT2D eigenvalue weighted by Gasteiger charge is 2.17. The van der Waals surface area contributed by atoms with Gasteiger partial charge in [-0.2, -0.15) is 0 Å². The Morgan fingerprint density at radius 3 is 2.37 bits per heavy atom. The molecule has 0 heterocycles. The molecule has 1 aromatic rings. The molecule has 0 aliphatic rings. The molecule has 0 radical (unpaired) electrons. The monoisotopic (exact) mass is 284 g/mol. The Bertz CT molecular complexity index is 378. The van der Waals surface area contributed by atoms with Crippen molar-refractivity contribution in [1.29, 1.82) is 0 Å². The molecule has 1 aromatic carbocycles. The van der Waals surface area contributed by atoms with Crippen LogP contribution >= 0.6 is 12.4 Å². The summed E-state index contributed by atoms with van der Waals surface area (Å²) >= 11 is 0. The van der Waals surface area contributed by atoms with Gasteiger partial charge in [0.25, 0.3) is 0 Å². The Morgan fingerprint density at radius 1 is 1.32 bits per heavy atom. The smallest absolute Gasteiger partial charge is 0.223 e. The van der Waals surface area contributed by atoms with E-state index in [4.69, 9.17) is 5.73 Å². The average molecular weight is 285 g/mol.